The van der Waals surface area contributed by atoms with Crippen LogP contribution in [0, 0.1) is 5.92 Å². The predicted molar refractivity (Wildman–Crippen MR) is 111 cm³/mol. The number of nitrogens with zero attached hydrogens (tertiary/aromatic N) is 1. The van der Waals surface area contributed by atoms with Crippen molar-refractivity contribution in [3.05, 3.63) is 0 Å². The fraction of sp³-hybridized carbons (Fsp3) is 0.913. The summed E-state index contributed by atoms with van der Waals surface area (Å²) in [5, 5.41) is 11.0. The van der Waals surface area contributed by atoms with Gasteiger partial charge in [-0.2, -0.15) is 0 Å². The first kappa shape index (κ1) is 30.8. The largest absolute Gasteiger partial charge is 1.00 e. The zero-order valence-corrected chi connectivity index (χ0v) is 22.4. The Balaban J connectivity index is 0. The van der Waals surface area contributed by atoms with Gasteiger partial charge in [0.25, 0.3) is 0 Å². The molecule has 0 aliphatic rings. The summed E-state index contributed by atoms with van der Waals surface area (Å²) in [7, 11) is 0. The molecule has 0 N–H and O–H groups in total. The SMILES string of the molecule is CCCCCCCCCCCCCCCC(CC(=O)[O-])C(=O)N(CC)CC.[K+]. The minimum absolute atomic E-state index is 0. The Labute approximate surface area is 217 Å². The van der Waals surface area contributed by atoms with Crippen LogP contribution in [-0.2, 0) is 9.59 Å². The molecule has 0 heterocycles. The number of carbonyl (C=O) groups excluding carboxylic acids is 2. The van der Waals surface area contributed by atoms with Gasteiger partial charge in [0.1, 0.15) is 0 Å². The van der Waals surface area contributed by atoms with E-state index in [0.717, 1.165) is 12.8 Å². The van der Waals surface area contributed by atoms with E-state index in [2.05, 4.69) is 6.92 Å². The molecule has 0 bridgehead atoms. The van der Waals surface area contributed by atoms with Crippen LogP contribution in [0.3, 0.4) is 0 Å². The van der Waals surface area contributed by atoms with Gasteiger partial charge in [-0.25, -0.2) is 0 Å². The molecule has 4 nitrogen and oxygen atoms in total. The van der Waals surface area contributed by atoms with Crippen LogP contribution in [0.2, 0.25) is 0 Å². The van der Waals surface area contributed by atoms with Gasteiger partial charge in [0.15, 0.2) is 0 Å². The van der Waals surface area contributed by atoms with Crippen LogP contribution in [0.1, 0.15) is 117 Å². The van der Waals surface area contributed by atoms with Crippen molar-refractivity contribution in [3.63, 3.8) is 0 Å². The first-order valence-corrected chi connectivity index (χ1v) is 11.5. The number of amides is 1. The van der Waals surface area contributed by atoms with Crippen molar-refractivity contribution in [2.24, 2.45) is 5.92 Å². The molecular formula is C23H44KNO3. The van der Waals surface area contributed by atoms with Crippen LogP contribution in [0.15, 0.2) is 0 Å². The molecule has 0 fully saturated rings. The molecule has 1 atom stereocenters. The zero-order chi connectivity index (χ0) is 20.3. The van der Waals surface area contributed by atoms with E-state index in [-0.39, 0.29) is 63.7 Å². The van der Waals surface area contributed by atoms with E-state index < -0.39 is 11.9 Å². The normalized spacial score (nSPS) is 11.7. The van der Waals surface area contributed by atoms with Crippen molar-refractivity contribution >= 4 is 11.9 Å². The maximum absolute atomic E-state index is 12.4. The Kier molecular flexibility index (Phi) is 24.5. The van der Waals surface area contributed by atoms with E-state index in [1.54, 1.807) is 4.90 Å². The van der Waals surface area contributed by atoms with E-state index >= 15 is 0 Å². The molecule has 28 heavy (non-hydrogen) atoms. The second-order valence-corrected chi connectivity index (χ2v) is 7.81. The van der Waals surface area contributed by atoms with Gasteiger partial charge in [0.2, 0.25) is 5.91 Å². The first-order chi connectivity index (χ1) is 13.1. The van der Waals surface area contributed by atoms with Gasteiger partial charge >= 0.3 is 51.4 Å². The van der Waals surface area contributed by atoms with Crippen LogP contribution >= 0.6 is 0 Å². The van der Waals surface area contributed by atoms with E-state index in [0.29, 0.717) is 19.5 Å². The molecule has 0 aromatic heterocycles. The average molecular weight is 422 g/mol. The average Bonchev–Trinajstić information content (AvgIpc) is 2.65. The summed E-state index contributed by atoms with van der Waals surface area (Å²) in [6, 6.07) is 0. The quantitative estimate of drug-likeness (QED) is 0.237. The van der Waals surface area contributed by atoms with Crippen LogP contribution in [0.25, 0.3) is 0 Å². The number of hydrogen-bond acceptors (Lipinski definition) is 3. The third-order valence-electron chi connectivity index (χ3n) is 5.49. The van der Waals surface area contributed by atoms with Crippen molar-refractivity contribution in [1.29, 1.82) is 0 Å². The van der Waals surface area contributed by atoms with Gasteiger partial charge in [0.05, 0.1) is 0 Å². The second kappa shape index (κ2) is 22.3. The summed E-state index contributed by atoms with van der Waals surface area (Å²) in [5.41, 5.74) is 0. The predicted octanol–water partition coefficient (Wildman–Crippen LogP) is 2.10. The van der Waals surface area contributed by atoms with Gasteiger partial charge in [-0.3, -0.25) is 4.79 Å². The Morgan fingerprint density at radius 3 is 1.46 bits per heavy atom. The summed E-state index contributed by atoms with van der Waals surface area (Å²) in [6.07, 6.45) is 17.2. The van der Waals surface area contributed by atoms with Gasteiger partial charge in [-0.05, 0) is 26.7 Å². The molecule has 0 radical (unpaired) electrons. The van der Waals surface area contributed by atoms with E-state index in [1.807, 2.05) is 13.8 Å². The molecule has 0 saturated carbocycles. The Bertz CT molecular complexity index is 373. The number of carboxylic acids is 1. The summed E-state index contributed by atoms with van der Waals surface area (Å²) < 4.78 is 0. The molecule has 5 heteroatoms. The molecule has 0 aromatic rings. The third-order valence-corrected chi connectivity index (χ3v) is 5.49. The minimum atomic E-state index is -1.12. The van der Waals surface area contributed by atoms with Crippen LogP contribution in [0.5, 0.6) is 0 Å². The topological polar surface area (TPSA) is 60.4 Å². The molecule has 0 aliphatic heterocycles. The van der Waals surface area contributed by atoms with Gasteiger partial charge < -0.3 is 14.8 Å². The Hall–Kier alpha value is 0.576. The van der Waals surface area contributed by atoms with Crippen LogP contribution in [-0.4, -0.2) is 29.9 Å². The van der Waals surface area contributed by atoms with Gasteiger partial charge in [-0.15, -0.1) is 0 Å². The number of rotatable bonds is 19. The summed E-state index contributed by atoms with van der Waals surface area (Å²) in [5.74, 6) is -1.55. The van der Waals surface area contributed by atoms with Crippen LogP contribution < -0.4 is 56.5 Å². The molecular weight excluding hydrogens is 377 g/mol. The standard InChI is InChI=1S/C23H45NO3.K/c1-4-7-8-9-10-11-12-13-14-15-16-17-18-19-21(20-22(25)26)23(27)24(5-2)6-3;/h21H,4-20H2,1-3H3,(H,25,26);/q;+1/p-1. The molecule has 1 unspecified atom stereocenters. The number of carbonyl (C=O) groups is 2. The minimum Gasteiger partial charge on any atom is -0.550 e. The molecule has 0 saturated heterocycles. The number of aliphatic carboxylic acids is 1. The van der Waals surface area contributed by atoms with Gasteiger partial charge in [0, 0.05) is 25.0 Å². The summed E-state index contributed by atoms with van der Waals surface area (Å²) in [6.45, 7) is 7.40. The van der Waals surface area contributed by atoms with Crippen molar-refractivity contribution < 1.29 is 66.1 Å². The molecule has 0 spiro atoms. The maximum atomic E-state index is 12.4. The fourth-order valence-electron chi connectivity index (χ4n) is 3.72. The van der Waals surface area contributed by atoms with E-state index in [9.17, 15) is 14.7 Å². The van der Waals surface area contributed by atoms with Crippen molar-refractivity contribution in [2.75, 3.05) is 13.1 Å². The van der Waals surface area contributed by atoms with E-state index in [1.165, 1.54) is 70.6 Å². The van der Waals surface area contributed by atoms with E-state index in [4.69, 9.17) is 0 Å². The Morgan fingerprint density at radius 2 is 1.11 bits per heavy atom. The number of unbranched alkanes of at least 4 members (excludes halogenated alkanes) is 12. The Morgan fingerprint density at radius 1 is 0.714 bits per heavy atom. The molecule has 0 aliphatic carbocycles. The second-order valence-electron chi connectivity index (χ2n) is 7.81. The monoisotopic (exact) mass is 421 g/mol. The molecule has 0 rings (SSSR count). The number of carboxylic acid groups (broad SMARTS) is 1. The molecule has 160 valence electrons. The van der Waals surface area contributed by atoms with Crippen molar-refractivity contribution in [3.8, 4) is 0 Å². The van der Waals surface area contributed by atoms with Crippen LogP contribution in [0.4, 0.5) is 0 Å². The summed E-state index contributed by atoms with van der Waals surface area (Å²) >= 11 is 0. The third kappa shape index (κ3) is 17.4. The first-order valence-electron chi connectivity index (χ1n) is 11.5. The van der Waals surface area contributed by atoms with Crippen molar-refractivity contribution in [1.82, 2.24) is 4.90 Å². The maximum Gasteiger partial charge on any atom is 1.00 e. The molecule has 1 amide bonds. The summed E-state index contributed by atoms with van der Waals surface area (Å²) in [4.78, 5) is 25.1. The van der Waals surface area contributed by atoms with Crippen molar-refractivity contribution in [2.45, 2.75) is 117 Å². The zero-order valence-electron chi connectivity index (χ0n) is 19.3. The smallest absolute Gasteiger partial charge is 0.550 e. The fourth-order valence-corrected chi connectivity index (χ4v) is 3.72. The van der Waals surface area contributed by atoms with Gasteiger partial charge in [-0.1, -0.05) is 90.4 Å². The molecule has 0 aromatic carbocycles. The number of hydrogen-bond donors (Lipinski definition) is 0.